The molecule has 0 saturated heterocycles. The Bertz CT molecular complexity index is 1600. The topological polar surface area (TPSA) is 82.9 Å². The minimum absolute atomic E-state index is 0. The molecule has 0 N–H and O–H groups in total. The van der Waals surface area contributed by atoms with Crippen LogP contribution in [-0.2, 0) is 27.9 Å². The number of nitrogens with zero attached hydrogens (tertiary/aromatic N) is 3. The lowest BCUT2D eigenvalue weighted by atomic mass is 9.89. The minimum Gasteiger partial charge on any atom is -0.493 e. The standard InChI is InChI=1S/C30H28FN3O5.ClH/c1-33-28(18-7-9-20(31)10-8-18)21(22-6-5-13-32-29(22)33)11-12-27(35)34-16-19-14-25(37-2)26(38-3)15-23(19)24(17-34)30(36)39-4;/h5-15,24H,16-17H2,1-4H3;1H/b12-11+;. The zero-order chi connectivity index (χ0) is 27.7. The third-order valence-corrected chi connectivity index (χ3v) is 7.08. The lowest BCUT2D eigenvalue weighted by Crippen LogP contribution is -2.40. The average molecular weight is 566 g/mol. The number of aryl methyl sites for hydroxylation is 1. The van der Waals surface area contributed by atoms with Crippen molar-refractivity contribution in [2.75, 3.05) is 27.9 Å². The van der Waals surface area contributed by atoms with Crippen molar-refractivity contribution >= 4 is 41.4 Å². The number of halogens is 2. The van der Waals surface area contributed by atoms with Crippen LogP contribution >= 0.6 is 12.4 Å². The SMILES string of the molecule is COC(=O)C1CN(C(=O)/C=C/c2c(-c3ccc(F)cc3)n(C)c3ncccc23)Cc2cc(OC)c(OC)cc21.Cl. The molecule has 2 aromatic heterocycles. The van der Waals surface area contributed by atoms with E-state index in [4.69, 9.17) is 14.2 Å². The summed E-state index contributed by atoms with van der Waals surface area (Å²) in [6.07, 6.45) is 4.95. The summed E-state index contributed by atoms with van der Waals surface area (Å²) in [6, 6.07) is 13.5. The number of hydrogen-bond donors (Lipinski definition) is 0. The van der Waals surface area contributed by atoms with E-state index >= 15 is 0 Å². The molecule has 1 unspecified atom stereocenters. The van der Waals surface area contributed by atoms with E-state index in [9.17, 15) is 14.0 Å². The molecule has 0 aliphatic carbocycles. The Kier molecular flexibility index (Phi) is 8.44. The van der Waals surface area contributed by atoms with Crippen molar-refractivity contribution in [2.24, 2.45) is 7.05 Å². The molecule has 3 heterocycles. The average Bonchev–Trinajstić information content (AvgIpc) is 3.25. The van der Waals surface area contributed by atoms with Crippen molar-refractivity contribution in [3.63, 3.8) is 0 Å². The molecule has 0 bridgehead atoms. The van der Waals surface area contributed by atoms with Crippen molar-refractivity contribution in [2.45, 2.75) is 12.5 Å². The minimum atomic E-state index is -0.674. The third-order valence-electron chi connectivity index (χ3n) is 7.08. The van der Waals surface area contributed by atoms with E-state index in [1.807, 2.05) is 23.7 Å². The maximum atomic E-state index is 13.6. The highest BCUT2D eigenvalue weighted by molar-refractivity contribution is 6.00. The summed E-state index contributed by atoms with van der Waals surface area (Å²) in [5.41, 5.74) is 4.64. The number of pyridine rings is 1. The fraction of sp³-hybridized carbons (Fsp3) is 0.233. The molecule has 10 heteroatoms. The van der Waals surface area contributed by atoms with Crippen molar-refractivity contribution in [1.82, 2.24) is 14.5 Å². The predicted molar refractivity (Wildman–Crippen MR) is 152 cm³/mol. The summed E-state index contributed by atoms with van der Waals surface area (Å²) in [5.74, 6) is -0.700. The van der Waals surface area contributed by atoms with E-state index in [0.717, 1.165) is 39.0 Å². The Morgan fingerprint density at radius 1 is 1.05 bits per heavy atom. The molecule has 40 heavy (non-hydrogen) atoms. The van der Waals surface area contributed by atoms with Gasteiger partial charge in [0.25, 0.3) is 0 Å². The molecule has 0 fully saturated rings. The fourth-order valence-electron chi connectivity index (χ4n) is 5.17. The Balaban J connectivity index is 0.00000370. The van der Waals surface area contributed by atoms with Crippen molar-refractivity contribution < 1.29 is 28.2 Å². The van der Waals surface area contributed by atoms with E-state index in [1.165, 1.54) is 39.5 Å². The van der Waals surface area contributed by atoms with Gasteiger partial charge in [-0.1, -0.05) is 0 Å². The maximum Gasteiger partial charge on any atom is 0.314 e. The molecule has 208 valence electrons. The van der Waals surface area contributed by atoms with E-state index in [-0.39, 0.29) is 37.2 Å². The van der Waals surface area contributed by atoms with E-state index < -0.39 is 11.9 Å². The number of hydrogen-bond acceptors (Lipinski definition) is 6. The largest absolute Gasteiger partial charge is 0.493 e. The van der Waals surface area contributed by atoms with Gasteiger partial charge in [0.2, 0.25) is 5.91 Å². The molecule has 1 aliphatic heterocycles. The summed E-state index contributed by atoms with van der Waals surface area (Å²) >= 11 is 0. The van der Waals surface area contributed by atoms with Gasteiger partial charge in [-0.25, -0.2) is 9.37 Å². The van der Waals surface area contributed by atoms with Gasteiger partial charge < -0.3 is 23.7 Å². The quantitative estimate of drug-likeness (QED) is 0.238. The van der Waals surface area contributed by atoms with Gasteiger partial charge in [0.05, 0.1) is 32.9 Å². The summed E-state index contributed by atoms with van der Waals surface area (Å²) in [4.78, 5) is 32.3. The number of aromatic nitrogens is 2. The Morgan fingerprint density at radius 3 is 2.42 bits per heavy atom. The number of carbonyl (C=O) groups is 2. The first-order chi connectivity index (χ1) is 18.9. The van der Waals surface area contributed by atoms with Crippen LogP contribution in [-0.4, -0.2) is 54.2 Å². The van der Waals surface area contributed by atoms with Crippen LogP contribution in [0.15, 0.2) is 60.8 Å². The molecule has 8 nitrogen and oxygen atoms in total. The Morgan fingerprint density at radius 2 is 1.75 bits per heavy atom. The lowest BCUT2D eigenvalue weighted by molar-refractivity contribution is -0.144. The molecule has 0 saturated carbocycles. The first-order valence-corrected chi connectivity index (χ1v) is 12.3. The van der Waals surface area contributed by atoms with Gasteiger partial charge in [-0.05, 0) is 71.3 Å². The number of benzene rings is 2. The fourth-order valence-corrected chi connectivity index (χ4v) is 5.17. The summed E-state index contributed by atoms with van der Waals surface area (Å²) in [5, 5.41) is 0.858. The van der Waals surface area contributed by atoms with E-state index in [1.54, 1.807) is 41.4 Å². The third kappa shape index (κ3) is 5.12. The number of carbonyl (C=O) groups excluding carboxylic acids is 2. The zero-order valence-corrected chi connectivity index (χ0v) is 23.3. The summed E-state index contributed by atoms with van der Waals surface area (Å²) in [7, 11) is 6.28. The molecule has 1 aliphatic rings. The van der Waals surface area contributed by atoms with Gasteiger partial charge in [0.1, 0.15) is 11.5 Å². The molecular weight excluding hydrogens is 537 g/mol. The van der Waals surface area contributed by atoms with E-state index in [2.05, 4.69) is 4.98 Å². The number of esters is 1. The van der Waals surface area contributed by atoms with Gasteiger partial charge >= 0.3 is 5.97 Å². The normalized spacial score (nSPS) is 14.5. The molecule has 1 atom stereocenters. The molecule has 5 rings (SSSR count). The smallest absolute Gasteiger partial charge is 0.314 e. The van der Waals surface area contributed by atoms with E-state index in [0.29, 0.717) is 11.5 Å². The van der Waals surface area contributed by atoms with Crippen LogP contribution in [0.25, 0.3) is 28.4 Å². The van der Waals surface area contributed by atoms with Crippen LogP contribution in [0.3, 0.4) is 0 Å². The first kappa shape index (κ1) is 28.6. The van der Waals surface area contributed by atoms with Crippen LogP contribution in [0.2, 0.25) is 0 Å². The van der Waals surface area contributed by atoms with Gasteiger partial charge in [0.15, 0.2) is 11.5 Å². The van der Waals surface area contributed by atoms with Crippen LogP contribution in [0.5, 0.6) is 11.5 Å². The zero-order valence-electron chi connectivity index (χ0n) is 22.5. The second kappa shape index (κ2) is 11.8. The highest BCUT2D eigenvalue weighted by Gasteiger charge is 2.34. The van der Waals surface area contributed by atoms with Crippen LogP contribution in [0.1, 0.15) is 22.6 Å². The highest BCUT2D eigenvalue weighted by Crippen LogP contribution is 2.38. The highest BCUT2D eigenvalue weighted by atomic mass is 35.5. The number of ether oxygens (including phenoxy) is 3. The molecule has 4 aromatic rings. The second-order valence-electron chi connectivity index (χ2n) is 9.24. The van der Waals surface area contributed by atoms with Crippen LogP contribution in [0, 0.1) is 5.82 Å². The number of rotatable bonds is 6. The van der Waals surface area contributed by atoms with Crippen molar-refractivity contribution in [3.8, 4) is 22.8 Å². The van der Waals surface area contributed by atoms with Crippen LogP contribution < -0.4 is 9.47 Å². The first-order valence-electron chi connectivity index (χ1n) is 12.3. The van der Waals surface area contributed by atoms with Crippen molar-refractivity contribution in [3.05, 3.63) is 83.3 Å². The van der Waals surface area contributed by atoms with Crippen molar-refractivity contribution in [1.29, 1.82) is 0 Å². The predicted octanol–water partition coefficient (Wildman–Crippen LogP) is 5.13. The van der Waals surface area contributed by atoms with Gasteiger partial charge in [-0.15, -0.1) is 12.4 Å². The molecule has 0 spiro atoms. The number of fused-ring (bicyclic) bond motifs is 2. The number of amides is 1. The second-order valence-corrected chi connectivity index (χ2v) is 9.24. The Labute approximate surface area is 237 Å². The molecule has 1 amide bonds. The number of methoxy groups -OCH3 is 3. The maximum absolute atomic E-state index is 13.6. The van der Waals surface area contributed by atoms with Gasteiger partial charge in [-0.3, -0.25) is 9.59 Å². The summed E-state index contributed by atoms with van der Waals surface area (Å²) < 4.78 is 31.5. The van der Waals surface area contributed by atoms with Gasteiger partial charge in [0, 0.05) is 43.4 Å². The molecule has 0 radical (unpaired) electrons. The monoisotopic (exact) mass is 565 g/mol. The van der Waals surface area contributed by atoms with Gasteiger partial charge in [-0.2, -0.15) is 0 Å². The molecule has 2 aromatic carbocycles. The lowest BCUT2D eigenvalue weighted by Gasteiger charge is -2.33. The Hall–Kier alpha value is -4.37. The molecular formula is C30H29ClFN3O5. The summed E-state index contributed by atoms with van der Waals surface area (Å²) in [6.45, 7) is 0.439. The van der Waals surface area contributed by atoms with Crippen LogP contribution in [0.4, 0.5) is 4.39 Å².